The lowest BCUT2D eigenvalue weighted by atomic mass is 10.1. The normalized spacial score (nSPS) is 14.9. The van der Waals surface area contributed by atoms with Crippen LogP contribution in [0.4, 0.5) is 4.79 Å². The van der Waals surface area contributed by atoms with Crippen molar-refractivity contribution in [1.82, 2.24) is 34.1 Å². The summed E-state index contributed by atoms with van der Waals surface area (Å²) in [5.74, 6) is -1.99. The Morgan fingerprint density at radius 3 is 2.00 bits per heavy atom. The van der Waals surface area contributed by atoms with Gasteiger partial charge in [0.05, 0.1) is 24.1 Å². The van der Waals surface area contributed by atoms with E-state index >= 15 is 0 Å². The molecular formula is C31H45N7O8. The van der Waals surface area contributed by atoms with E-state index in [1.54, 1.807) is 40.9 Å². The first-order valence-electron chi connectivity index (χ1n) is 15.1. The van der Waals surface area contributed by atoms with Gasteiger partial charge in [0.1, 0.15) is 18.2 Å². The van der Waals surface area contributed by atoms with E-state index in [9.17, 15) is 33.6 Å². The second kappa shape index (κ2) is 14.6. The summed E-state index contributed by atoms with van der Waals surface area (Å²) in [5.41, 5.74) is 1.17. The van der Waals surface area contributed by atoms with Gasteiger partial charge in [0.15, 0.2) is 0 Å². The number of imide groups is 1. The predicted molar refractivity (Wildman–Crippen MR) is 169 cm³/mol. The maximum atomic E-state index is 13.0. The summed E-state index contributed by atoms with van der Waals surface area (Å²) < 4.78 is 8.15. The lowest BCUT2D eigenvalue weighted by Gasteiger charge is -2.27. The van der Waals surface area contributed by atoms with Crippen molar-refractivity contribution in [1.29, 1.82) is 0 Å². The highest BCUT2D eigenvalue weighted by atomic mass is 16.6. The van der Waals surface area contributed by atoms with Gasteiger partial charge in [-0.2, -0.15) is 0 Å². The molecule has 3 rings (SSSR count). The third-order valence-electron chi connectivity index (χ3n) is 7.73. The minimum atomic E-state index is -0.754. The van der Waals surface area contributed by atoms with E-state index in [1.165, 1.54) is 45.0 Å². The Balaban J connectivity index is 1.49. The fraction of sp³-hybridized carbons (Fsp3) is 0.581. The molecule has 0 saturated carbocycles. The van der Waals surface area contributed by atoms with Crippen molar-refractivity contribution in [3.05, 3.63) is 34.2 Å². The number of fused-ring (bicyclic) bond motifs is 1. The third kappa shape index (κ3) is 8.95. The Morgan fingerprint density at radius 2 is 1.43 bits per heavy atom. The second-order valence-corrected chi connectivity index (χ2v) is 12.8. The molecule has 1 fully saturated rings. The summed E-state index contributed by atoms with van der Waals surface area (Å²) in [4.78, 5) is 92.3. The SMILES string of the molecule is CN(CCCc1ccc2c(c1)n(C)c(=O)n2C1CCC(=O)NC1=O)C(=O)CN(C)C(=O)CN(C)C(=O)CN(C)C(=O)OC(C)(C)C. The molecule has 1 aromatic heterocycles. The van der Waals surface area contributed by atoms with Crippen LogP contribution < -0.4 is 11.0 Å². The summed E-state index contributed by atoms with van der Waals surface area (Å²) in [6.07, 6.45) is 1.01. The molecule has 15 nitrogen and oxygen atoms in total. The summed E-state index contributed by atoms with van der Waals surface area (Å²) in [6.45, 7) is 4.89. The number of benzene rings is 1. The van der Waals surface area contributed by atoms with Crippen LogP contribution in [0.2, 0.25) is 0 Å². The first kappa shape index (κ1) is 35.8. The molecule has 1 atom stereocenters. The number of aromatic nitrogens is 2. The second-order valence-electron chi connectivity index (χ2n) is 12.8. The molecule has 0 radical (unpaired) electrons. The smallest absolute Gasteiger partial charge is 0.410 e. The molecular weight excluding hydrogens is 598 g/mol. The fourth-order valence-corrected chi connectivity index (χ4v) is 4.99. The number of hydrogen-bond donors (Lipinski definition) is 1. The van der Waals surface area contributed by atoms with Crippen molar-refractivity contribution in [2.24, 2.45) is 7.05 Å². The molecule has 6 amide bonds. The quantitative estimate of drug-likeness (QED) is 0.346. The number of aryl methyl sites for hydroxylation is 2. The number of ether oxygens (including phenoxy) is 1. The number of nitrogens with zero attached hydrogens (tertiary/aromatic N) is 6. The first-order valence-corrected chi connectivity index (χ1v) is 15.1. The summed E-state index contributed by atoms with van der Waals surface area (Å²) in [5, 5.41) is 2.30. The Bertz CT molecular complexity index is 1570. The van der Waals surface area contributed by atoms with Gasteiger partial charge in [-0.05, 0) is 57.7 Å². The monoisotopic (exact) mass is 643 g/mol. The van der Waals surface area contributed by atoms with Gasteiger partial charge >= 0.3 is 11.8 Å². The van der Waals surface area contributed by atoms with Crippen LogP contribution in [0.1, 0.15) is 51.6 Å². The van der Waals surface area contributed by atoms with Crippen molar-refractivity contribution in [2.75, 3.05) is 54.4 Å². The highest BCUT2D eigenvalue weighted by Crippen LogP contribution is 2.24. The molecule has 1 aliphatic heterocycles. The van der Waals surface area contributed by atoms with Gasteiger partial charge in [0.2, 0.25) is 29.5 Å². The number of piperidine rings is 1. The van der Waals surface area contributed by atoms with Crippen LogP contribution in [-0.2, 0) is 42.2 Å². The van der Waals surface area contributed by atoms with Crippen LogP contribution in [0, 0.1) is 0 Å². The van der Waals surface area contributed by atoms with E-state index in [0.717, 1.165) is 10.5 Å². The third-order valence-corrected chi connectivity index (χ3v) is 7.73. The molecule has 0 bridgehead atoms. The van der Waals surface area contributed by atoms with E-state index in [1.807, 2.05) is 12.1 Å². The molecule has 1 aromatic carbocycles. The van der Waals surface area contributed by atoms with Gasteiger partial charge < -0.3 is 24.3 Å². The van der Waals surface area contributed by atoms with Crippen molar-refractivity contribution < 1.29 is 33.5 Å². The number of hydrogen-bond acceptors (Lipinski definition) is 8. The number of amides is 6. The Kier molecular flexibility index (Phi) is 11.4. The zero-order chi connectivity index (χ0) is 34.5. The van der Waals surface area contributed by atoms with Crippen LogP contribution in [0.25, 0.3) is 11.0 Å². The van der Waals surface area contributed by atoms with Gasteiger partial charge in [-0.1, -0.05) is 6.07 Å². The van der Waals surface area contributed by atoms with Gasteiger partial charge in [0.25, 0.3) is 0 Å². The highest BCUT2D eigenvalue weighted by Gasteiger charge is 2.31. The molecule has 46 heavy (non-hydrogen) atoms. The molecule has 1 aliphatic rings. The number of nitrogens with one attached hydrogen (secondary N) is 1. The highest BCUT2D eigenvalue weighted by molar-refractivity contribution is 6.00. The molecule has 1 N–H and O–H groups in total. The Hall–Kier alpha value is -4.69. The van der Waals surface area contributed by atoms with Crippen molar-refractivity contribution in [2.45, 2.75) is 58.1 Å². The van der Waals surface area contributed by atoms with Gasteiger partial charge in [-0.15, -0.1) is 0 Å². The van der Waals surface area contributed by atoms with Crippen LogP contribution in [-0.4, -0.2) is 124 Å². The van der Waals surface area contributed by atoms with E-state index in [2.05, 4.69) is 5.32 Å². The molecule has 15 heteroatoms. The molecule has 1 saturated heterocycles. The predicted octanol–water partition coefficient (Wildman–Crippen LogP) is 0.492. The van der Waals surface area contributed by atoms with Gasteiger partial charge in [0, 0.05) is 48.2 Å². The lowest BCUT2D eigenvalue weighted by molar-refractivity contribution is -0.142. The van der Waals surface area contributed by atoms with E-state index in [4.69, 9.17) is 4.74 Å². The first-order chi connectivity index (χ1) is 21.4. The maximum absolute atomic E-state index is 13.0. The van der Waals surface area contributed by atoms with E-state index < -0.39 is 35.5 Å². The van der Waals surface area contributed by atoms with Crippen molar-refractivity contribution in [3.63, 3.8) is 0 Å². The minimum Gasteiger partial charge on any atom is -0.444 e. The summed E-state index contributed by atoms with van der Waals surface area (Å²) >= 11 is 0. The number of carbonyl (C=O) groups is 6. The lowest BCUT2D eigenvalue weighted by Crippen LogP contribution is -2.46. The Labute approximate surface area is 268 Å². The number of imidazole rings is 1. The molecule has 1 unspecified atom stereocenters. The van der Waals surface area contributed by atoms with Gasteiger partial charge in [-0.25, -0.2) is 9.59 Å². The summed E-state index contributed by atoms with van der Waals surface area (Å²) in [7, 11) is 7.65. The zero-order valence-electron chi connectivity index (χ0n) is 27.9. The number of likely N-dealkylation sites (N-methyl/N-ethyl adjacent to an activating group) is 4. The van der Waals surface area contributed by atoms with Crippen LogP contribution in [0.3, 0.4) is 0 Å². The van der Waals surface area contributed by atoms with Crippen LogP contribution in [0.15, 0.2) is 23.0 Å². The average Bonchev–Trinajstić information content (AvgIpc) is 3.20. The van der Waals surface area contributed by atoms with Crippen molar-refractivity contribution in [3.8, 4) is 0 Å². The average molecular weight is 644 g/mol. The van der Waals surface area contributed by atoms with Crippen LogP contribution in [0.5, 0.6) is 0 Å². The van der Waals surface area contributed by atoms with Gasteiger partial charge in [-0.3, -0.25) is 38.4 Å². The van der Waals surface area contributed by atoms with E-state index in [0.29, 0.717) is 30.4 Å². The number of carbonyl (C=O) groups excluding carboxylic acids is 6. The number of rotatable bonds is 11. The molecule has 0 aliphatic carbocycles. The Morgan fingerprint density at radius 1 is 0.870 bits per heavy atom. The van der Waals surface area contributed by atoms with E-state index in [-0.39, 0.29) is 50.0 Å². The van der Waals surface area contributed by atoms with Crippen molar-refractivity contribution >= 4 is 46.7 Å². The zero-order valence-corrected chi connectivity index (χ0v) is 27.9. The molecule has 0 spiro atoms. The fourth-order valence-electron chi connectivity index (χ4n) is 4.99. The minimum absolute atomic E-state index is 0.166. The molecule has 2 heterocycles. The largest absolute Gasteiger partial charge is 0.444 e. The molecule has 252 valence electrons. The standard InChI is InChI=1S/C31H45N7O8/c1-31(2,3)46-30(45)36(7)19-27(42)35(6)18-26(41)34(5)17-25(40)33(4)15-9-10-20-11-12-21-23(16-20)37(8)29(44)38(21)22-13-14-24(39)32-28(22)43/h11-12,16,22H,9-10,13-15,17-19H2,1-8H3,(H,32,39,43). The molecule has 2 aromatic rings. The topological polar surface area (TPSA) is 164 Å². The summed E-state index contributed by atoms with van der Waals surface area (Å²) in [6, 6.07) is 4.80. The van der Waals surface area contributed by atoms with Crippen LogP contribution >= 0.6 is 0 Å². The maximum Gasteiger partial charge on any atom is 0.410 e.